The molecule has 1 saturated heterocycles. The molecular formula is C22H21BrClFN4O3S. The monoisotopic (exact) mass is 554 g/mol. The van der Waals surface area contributed by atoms with Gasteiger partial charge in [-0.2, -0.15) is 9.40 Å². The molecule has 4 rings (SSSR count). The van der Waals surface area contributed by atoms with Crippen LogP contribution in [0, 0.1) is 11.7 Å². The standard InChI is InChI=1S/C22H21BrClFN4O3S/c23-20-14-28(13-15-1-5-18(25)6-2-15)27-21(20)26-22(30)16-9-11-29(12-10-16)33(31,32)19-7-3-17(24)4-8-19/h1-8,14,16H,9-13H2,(H,26,27,30). The summed E-state index contributed by atoms with van der Waals surface area (Å²) < 4.78 is 42.4. The number of carbonyl (C=O) groups is 1. The van der Waals surface area contributed by atoms with E-state index >= 15 is 0 Å². The summed E-state index contributed by atoms with van der Waals surface area (Å²) in [4.78, 5) is 13.0. The van der Waals surface area contributed by atoms with E-state index in [-0.39, 0.29) is 35.6 Å². The molecule has 0 bridgehead atoms. The van der Waals surface area contributed by atoms with Gasteiger partial charge in [0.1, 0.15) is 5.82 Å². The Morgan fingerprint density at radius 1 is 1.12 bits per heavy atom. The Balaban J connectivity index is 1.35. The summed E-state index contributed by atoms with van der Waals surface area (Å²) in [7, 11) is -3.63. The predicted octanol–water partition coefficient (Wildman–Crippen LogP) is 4.53. The number of hydrogen-bond donors (Lipinski definition) is 1. The number of carbonyl (C=O) groups excluding carboxylic acids is 1. The highest BCUT2D eigenvalue weighted by molar-refractivity contribution is 9.10. The minimum atomic E-state index is -3.63. The molecule has 0 aliphatic carbocycles. The highest BCUT2D eigenvalue weighted by Crippen LogP contribution is 2.27. The number of sulfonamides is 1. The summed E-state index contributed by atoms with van der Waals surface area (Å²) in [5, 5.41) is 7.68. The van der Waals surface area contributed by atoms with Gasteiger partial charge in [-0.15, -0.1) is 0 Å². The molecule has 1 aromatic heterocycles. The molecule has 0 unspecified atom stereocenters. The van der Waals surface area contributed by atoms with Crippen LogP contribution in [0.5, 0.6) is 0 Å². The number of halogens is 3. The Morgan fingerprint density at radius 2 is 1.76 bits per heavy atom. The quantitative estimate of drug-likeness (QED) is 0.485. The van der Waals surface area contributed by atoms with Crippen LogP contribution in [-0.2, 0) is 21.4 Å². The Kier molecular flexibility index (Phi) is 7.18. The fraction of sp³-hybridized carbons (Fsp3) is 0.273. The van der Waals surface area contributed by atoms with E-state index in [1.807, 2.05) is 0 Å². The van der Waals surface area contributed by atoms with Crippen LogP contribution in [-0.4, -0.2) is 41.5 Å². The molecule has 0 saturated carbocycles. The highest BCUT2D eigenvalue weighted by atomic mass is 79.9. The van der Waals surface area contributed by atoms with E-state index in [9.17, 15) is 17.6 Å². The number of amides is 1. The fourth-order valence-electron chi connectivity index (χ4n) is 3.67. The molecule has 1 aliphatic heterocycles. The molecule has 174 valence electrons. The first-order chi connectivity index (χ1) is 15.7. The van der Waals surface area contributed by atoms with Crippen molar-refractivity contribution in [2.75, 3.05) is 18.4 Å². The number of piperidine rings is 1. The van der Waals surface area contributed by atoms with Crippen molar-refractivity contribution in [3.8, 4) is 0 Å². The molecule has 1 N–H and O–H groups in total. The van der Waals surface area contributed by atoms with Crippen molar-refractivity contribution in [3.63, 3.8) is 0 Å². The normalized spacial score (nSPS) is 15.5. The van der Waals surface area contributed by atoms with Crippen molar-refractivity contribution < 1.29 is 17.6 Å². The average molecular weight is 556 g/mol. The number of nitrogens with one attached hydrogen (secondary N) is 1. The summed E-state index contributed by atoms with van der Waals surface area (Å²) in [6.45, 7) is 0.933. The van der Waals surface area contributed by atoms with Gasteiger partial charge in [0.15, 0.2) is 5.82 Å². The lowest BCUT2D eigenvalue weighted by atomic mass is 9.97. The van der Waals surface area contributed by atoms with Crippen LogP contribution in [0.15, 0.2) is 64.1 Å². The third-order valence-corrected chi connectivity index (χ3v) is 8.24. The lowest BCUT2D eigenvalue weighted by Gasteiger charge is -2.30. The number of hydrogen-bond acceptors (Lipinski definition) is 4. The first-order valence-corrected chi connectivity index (χ1v) is 12.9. The Bertz CT molecular complexity index is 1240. The van der Waals surface area contributed by atoms with E-state index in [4.69, 9.17) is 11.6 Å². The zero-order chi connectivity index (χ0) is 23.6. The van der Waals surface area contributed by atoms with Crippen molar-refractivity contribution in [2.45, 2.75) is 24.3 Å². The van der Waals surface area contributed by atoms with Gasteiger partial charge in [0, 0.05) is 30.2 Å². The molecule has 3 aromatic rings. The lowest BCUT2D eigenvalue weighted by Crippen LogP contribution is -2.41. The van der Waals surface area contributed by atoms with Crippen LogP contribution in [0.1, 0.15) is 18.4 Å². The van der Waals surface area contributed by atoms with E-state index in [2.05, 4.69) is 26.3 Å². The molecular weight excluding hydrogens is 535 g/mol. The van der Waals surface area contributed by atoms with Gasteiger partial charge in [0.05, 0.1) is 15.9 Å². The third kappa shape index (κ3) is 5.63. The van der Waals surface area contributed by atoms with Crippen LogP contribution < -0.4 is 5.32 Å². The number of anilines is 1. The highest BCUT2D eigenvalue weighted by Gasteiger charge is 2.32. The van der Waals surface area contributed by atoms with Crippen molar-refractivity contribution in [1.29, 1.82) is 0 Å². The molecule has 7 nitrogen and oxygen atoms in total. The number of rotatable bonds is 6. The number of nitrogens with zero attached hydrogens (tertiary/aromatic N) is 3. The molecule has 0 radical (unpaired) electrons. The largest absolute Gasteiger partial charge is 0.308 e. The summed E-state index contributed by atoms with van der Waals surface area (Å²) in [6.07, 6.45) is 2.55. The van der Waals surface area contributed by atoms with E-state index in [1.54, 1.807) is 35.1 Å². The van der Waals surface area contributed by atoms with Gasteiger partial charge in [0.2, 0.25) is 15.9 Å². The fourth-order valence-corrected chi connectivity index (χ4v) is 5.68. The van der Waals surface area contributed by atoms with Crippen LogP contribution >= 0.6 is 27.5 Å². The zero-order valence-corrected chi connectivity index (χ0v) is 20.6. The first-order valence-electron chi connectivity index (χ1n) is 10.3. The Labute approximate surface area is 204 Å². The van der Waals surface area contributed by atoms with Crippen LogP contribution in [0.3, 0.4) is 0 Å². The van der Waals surface area contributed by atoms with Crippen molar-refractivity contribution in [1.82, 2.24) is 14.1 Å². The molecule has 33 heavy (non-hydrogen) atoms. The van der Waals surface area contributed by atoms with Crippen molar-refractivity contribution in [3.05, 3.63) is 75.6 Å². The maximum atomic E-state index is 13.1. The Morgan fingerprint density at radius 3 is 2.39 bits per heavy atom. The predicted molar refractivity (Wildman–Crippen MR) is 127 cm³/mol. The topological polar surface area (TPSA) is 84.3 Å². The molecule has 11 heteroatoms. The number of benzene rings is 2. The molecule has 1 amide bonds. The van der Waals surface area contributed by atoms with Gasteiger partial charge in [-0.3, -0.25) is 9.48 Å². The molecule has 0 spiro atoms. The van der Waals surface area contributed by atoms with Gasteiger partial charge in [-0.1, -0.05) is 23.7 Å². The molecule has 1 fully saturated rings. The van der Waals surface area contributed by atoms with Gasteiger partial charge >= 0.3 is 0 Å². The van der Waals surface area contributed by atoms with Crippen molar-refractivity contribution in [2.24, 2.45) is 5.92 Å². The van der Waals surface area contributed by atoms with Gasteiger partial charge in [-0.05, 0) is 70.7 Å². The van der Waals surface area contributed by atoms with Crippen molar-refractivity contribution >= 4 is 49.3 Å². The van der Waals surface area contributed by atoms with E-state index in [0.29, 0.717) is 34.7 Å². The summed E-state index contributed by atoms with van der Waals surface area (Å²) in [6, 6.07) is 12.2. The van der Waals surface area contributed by atoms with Crippen LogP contribution in [0.2, 0.25) is 5.02 Å². The number of aromatic nitrogens is 2. The second-order valence-corrected chi connectivity index (χ2v) is 11.0. The molecule has 1 aliphatic rings. The smallest absolute Gasteiger partial charge is 0.243 e. The second kappa shape index (κ2) is 9.92. The minimum Gasteiger partial charge on any atom is -0.308 e. The van der Waals surface area contributed by atoms with E-state index < -0.39 is 10.0 Å². The second-order valence-electron chi connectivity index (χ2n) is 7.77. The summed E-state index contributed by atoms with van der Waals surface area (Å²) in [5.41, 5.74) is 0.874. The maximum Gasteiger partial charge on any atom is 0.243 e. The first kappa shape index (κ1) is 23.9. The summed E-state index contributed by atoms with van der Waals surface area (Å²) in [5.74, 6) is -0.444. The maximum absolute atomic E-state index is 13.1. The molecule has 2 aromatic carbocycles. The minimum absolute atomic E-state index is 0.186. The zero-order valence-electron chi connectivity index (χ0n) is 17.4. The summed E-state index contributed by atoms with van der Waals surface area (Å²) >= 11 is 9.26. The lowest BCUT2D eigenvalue weighted by molar-refractivity contribution is -0.120. The van der Waals surface area contributed by atoms with Crippen LogP contribution in [0.25, 0.3) is 0 Å². The van der Waals surface area contributed by atoms with E-state index in [1.165, 1.54) is 28.6 Å². The molecule has 0 atom stereocenters. The Hall–Kier alpha value is -2.27. The van der Waals surface area contributed by atoms with Crippen LogP contribution in [0.4, 0.5) is 10.2 Å². The van der Waals surface area contributed by atoms with Gasteiger partial charge in [0.25, 0.3) is 0 Å². The average Bonchev–Trinajstić information content (AvgIpc) is 3.14. The SMILES string of the molecule is O=C(Nc1nn(Cc2ccc(F)cc2)cc1Br)C1CCN(S(=O)(=O)c2ccc(Cl)cc2)CC1. The third-order valence-electron chi connectivity index (χ3n) is 5.49. The van der Waals surface area contributed by atoms with Gasteiger partial charge < -0.3 is 5.32 Å². The van der Waals surface area contributed by atoms with E-state index in [0.717, 1.165) is 5.56 Å². The molecule has 2 heterocycles. The van der Waals surface area contributed by atoms with Gasteiger partial charge in [-0.25, -0.2) is 12.8 Å².